The molecule has 192 valence electrons. The molecule has 0 spiro atoms. The summed E-state index contributed by atoms with van der Waals surface area (Å²) >= 11 is 5.80. The second-order valence-corrected chi connectivity index (χ2v) is 9.74. The molecule has 0 saturated carbocycles. The number of hydrogen-bond donors (Lipinski definition) is 2. The van der Waals surface area contributed by atoms with Gasteiger partial charge in [-0.05, 0) is 86.1 Å². The Morgan fingerprint density at radius 2 is 1.97 bits per heavy atom. The van der Waals surface area contributed by atoms with Crippen LogP contribution >= 0.6 is 12.2 Å². The van der Waals surface area contributed by atoms with Crippen molar-refractivity contribution >= 4 is 28.2 Å². The van der Waals surface area contributed by atoms with Gasteiger partial charge in [0.15, 0.2) is 16.6 Å². The van der Waals surface area contributed by atoms with E-state index < -0.39 is 0 Å². The lowest BCUT2D eigenvalue weighted by atomic mass is 10.1. The lowest BCUT2D eigenvalue weighted by Crippen LogP contribution is -2.44. The summed E-state index contributed by atoms with van der Waals surface area (Å²) in [6.07, 6.45) is 2.92. The van der Waals surface area contributed by atoms with Crippen molar-refractivity contribution in [1.29, 1.82) is 0 Å². The van der Waals surface area contributed by atoms with E-state index in [1.165, 1.54) is 5.56 Å². The van der Waals surface area contributed by atoms with Gasteiger partial charge in [0.1, 0.15) is 0 Å². The van der Waals surface area contributed by atoms with Gasteiger partial charge < -0.3 is 29.4 Å². The van der Waals surface area contributed by atoms with Gasteiger partial charge in [-0.2, -0.15) is 0 Å². The molecule has 1 aliphatic heterocycles. The Morgan fingerprint density at radius 1 is 1.17 bits per heavy atom. The largest absolute Gasteiger partial charge is 0.493 e. The fourth-order valence-electron chi connectivity index (χ4n) is 4.77. The third-order valence-corrected chi connectivity index (χ3v) is 7.01. The third kappa shape index (κ3) is 6.17. The molecule has 2 aromatic carbocycles. The van der Waals surface area contributed by atoms with Crippen molar-refractivity contribution in [1.82, 2.24) is 15.2 Å². The second kappa shape index (κ2) is 11.8. The van der Waals surface area contributed by atoms with Crippen LogP contribution in [0.1, 0.15) is 35.1 Å². The van der Waals surface area contributed by atoms with Gasteiger partial charge in [-0.3, -0.25) is 4.79 Å². The lowest BCUT2D eigenvalue weighted by Gasteiger charge is -2.28. The average Bonchev–Trinajstić information content (AvgIpc) is 3.37. The Bertz CT molecular complexity index is 1280. The van der Waals surface area contributed by atoms with Gasteiger partial charge >= 0.3 is 0 Å². The van der Waals surface area contributed by atoms with Crippen molar-refractivity contribution in [3.8, 4) is 11.5 Å². The highest BCUT2D eigenvalue weighted by molar-refractivity contribution is 7.80. The van der Waals surface area contributed by atoms with Crippen LogP contribution in [0.15, 0.2) is 41.2 Å². The number of thiocarbonyl (C=S) groups is 1. The van der Waals surface area contributed by atoms with Crippen LogP contribution in [-0.2, 0) is 17.7 Å². The Morgan fingerprint density at radius 3 is 2.69 bits per heavy atom. The summed E-state index contributed by atoms with van der Waals surface area (Å²) in [4.78, 5) is 18.1. The number of ether oxygens (including phenoxy) is 3. The quantitative estimate of drug-likeness (QED) is 0.418. The van der Waals surface area contributed by atoms with E-state index in [0.717, 1.165) is 47.9 Å². The molecule has 7 nitrogen and oxygen atoms in total. The fourth-order valence-corrected chi connectivity index (χ4v) is 5.01. The molecule has 0 unspecified atom stereocenters. The Labute approximate surface area is 217 Å². The summed E-state index contributed by atoms with van der Waals surface area (Å²) in [7, 11) is 3.26. The van der Waals surface area contributed by atoms with Gasteiger partial charge in [0.05, 0.1) is 32.4 Å². The molecule has 8 heteroatoms. The minimum absolute atomic E-state index is 0.0834. The van der Waals surface area contributed by atoms with Gasteiger partial charge in [-0.15, -0.1) is 0 Å². The van der Waals surface area contributed by atoms with Crippen molar-refractivity contribution in [2.45, 2.75) is 45.8 Å². The van der Waals surface area contributed by atoms with Crippen LogP contribution < -0.4 is 20.3 Å². The maximum atomic E-state index is 13.0. The first kappa shape index (κ1) is 26.0. The van der Waals surface area contributed by atoms with Crippen LogP contribution in [0.25, 0.3) is 10.9 Å². The fraction of sp³-hybridized carbons (Fsp3) is 0.429. The van der Waals surface area contributed by atoms with Crippen molar-refractivity contribution < 1.29 is 14.2 Å². The molecule has 1 aromatic heterocycles. The predicted molar refractivity (Wildman–Crippen MR) is 147 cm³/mol. The van der Waals surface area contributed by atoms with E-state index in [1.807, 2.05) is 31.2 Å². The SMILES string of the molecule is COc1ccc(CCNC(=S)N(Cc2cc3cc(C)cc(C)c3[nH]c2=O)C[C@@H]2CCCO2)cc1OC. The molecule has 1 aliphatic rings. The normalized spacial score (nSPS) is 15.2. The monoisotopic (exact) mass is 509 g/mol. The molecule has 4 rings (SSSR count). The number of nitrogens with zero attached hydrogens (tertiary/aromatic N) is 1. The number of aromatic amines is 1. The number of pyridine rings is 1. The summed E-state index contributed by atoms with van der Waals surface area (Å²) in [6.45, 7) is 6.58. The molecule has 1 fully saturated rings. The minimum Gasteiger partial charge on any atom is -0.493 e. The lowest BCUT2D eigenvalue weighted by molar-refractivity contribution is 0.0897. The standard InChI is InChI=1S/C28H35N3O4S/c1-18-12-19(2)26-21(13-18)15-22(27(32)30-26)16-31(17-23-6-5-11-35-23)28(36)29-10-9-20-7-8-24(33-3)25(14-20)34-4/h7-8,12-15,23H,5-6,9-11,16-17H2,1-4H3,(H,29,36)(H,30,32)/t23-/m0/s1. The number of hydrogen-bond acceptors (Lipinski definition) is 5. The number of H-pyrrole nitrogens is 1. The van der Waals surface area contributed by atoms with E-state index in [1.54, 1.807) is 14.2 Å². The number of methoxy groups -OCH3 is 2. The van der Waals surface area contributed by atoms with Crippen LogP contribution in [0, 0.1) is 13.8 Å². The summed E-state index contributed by atoms with van der Waals surface area (Å²) < 4.78 is 16.6. The maximum Gasteiger partial charge on any atom is 0.253 e. The molecular formula is C28H35N3O4S. The number of aromatic nitrogens is 1. The Kier molecular flexibility index (Phi) is 8.48. The molecule has 2 N–H and O–H groups in total. The Balaban J connectivity index is 1.48. The molecular weight excluding hydrogens is 474 g/mol. The number of aryl methyl sites for hydroxylation is 2. The maximum absolute atomic E-state index is 13.0. The molecule has 0 bridgehead atoms. The highest BCUT2D eigenvalue weighted by Crippen LogP contribution is 2.27. The van der Waals surface area contributed by atoms with Crippen molar-refractivity contribution in [3.63, 3.8) is 0 Å². The third-order valence-electron chi connectivity index (χ3n) is 6.60. The molecule has 0 aliphatic carbocycles. The van der Waals surface area contributed by atoms with E-state index >= 15 is 0 Å². The average molecular weight is 510 g/mol. The molecule has 0 radical (unpaired) electrons. The van der Waals surface area contributed by atoms with E-state index in [9.17, 15) is 4.79 Å². The highest BCUT2D eigenvalue weighted by Gasteiger charge is 2.22. The molecule has 2 heterocycles. The number of rotatable bonds is 9. The van der Waals surface area contributed by atoms with Crippen LogP contribution in [-0.4, -0.2) is 55.0 Å². The predicted octanol–water partition coefficient (Wildman–Crippen LogP) is 4.26. The number of benzene rings is 2. The first-order chi connectivity index (χ1) is 17.4. The zero-order valence-electron chi connectivity index (χ0n) is 21.5. The van der Waals surface area contributed by atoms with Crippen LogP contribution in [0.2, 0.25) is 0 Å². The smallest absolute Gasteiger partial charge is 0.253 e. The first-order valence-corrected chi connectivity index (χ1v) is 12.8. The minimum atomic E-state index is -0.0834. The van der Waals surface area contributed by atoms with Crippen molar-refractivity contribution in [2.24, 2.45) is 0 Å². The number of nitrogens with one attached hydrogen (secondary N) is 2. The number of fused-ring (bicyclic) bond motifs is 1. The van der Waals surface area contributed by atoms with Crippen LogP contribution in [0.3, 0.4) is 0 Å². The topological polar surface area (TPSA) is 75.8 Å². The van der Waals surface area contributed by atoms with E-state index in [-0.39, 0.29) is 11.7 Å². The zero-order chi connectivity index (χ0) is 25.7. The van der Waals surface area contributed by atoms with E-state index in [4.69, 9.17) is 26.4 Å². The Hall–Kier alpha value is -3.10. The summed E-state index contributed by atoms with van der Waals surface area (Å²) in [6, 6.07) is 12.1. The molecule has 36 heavy (non-hydrogen) atoms. The van der Waals surface area contributed by atoms with Gasteiger partial charge in [-0.25, -0.2) is 0 Å². The molecule has 3 aromatic rings. The molecule has 1 atom stereocenters. The highest BCUT2D eigenvalue weighted by atomic mass is 32.1. The molecule has 0 amide bonds. The van der Waals surface area contributed by atoms with E-state index in [2.05, 4.69) is 34.3 Å². The van der Waals surface area contributed by atoms with Gasteiger partial charge in [0.25, 0.3) is 5.56 Å². The van der Waals surface area contributed by atoms with Gasteiger partial charge in [-0.1, -0.05) is 17.7 Å². The summed E-state index contributed by atoms with van der Waals surface area (Å²) in [5, 5.41) is 5.03. The van der Waals surface area contributed by atoms with Gasteiger partial charge in [0, 0.05) is 25.3 Å². The van der Waals surface area contributed by atoms with Crippen molar-refractivity contribution in [2.75, 3.05) is 33.9 Å². The summed E-state index contributed by atoms with van der Waals surface area (Å²) in [5.41, 5.74) is 4.84. The van der Waals surface area contributed by atoms with Gasteiger partial charge in [0.2, 0.25) is 0 Å². The van der Waals surface area contributed by atoms with Crippen molar-refractivity contribution in [3.05, 3.63) is 69.0 Å². The van der Waals surface area contributed by atoms with Crippen LogP contribution in [0.5, 0.6) is 11.5 Å². The summed E-state index contributed by atoms with van der Waals surface area (Å²) in [5.74, 6) is 1.41. The molecule has 1 saturated heterocycles. The van der Waals surface area contributed by atoms with E-state index in [0.29, 0.717) is 41.8 Å². The zero-order valence-corrected chi connectivity index (χ0v) is 22.3. The van der Waals surface area contributed by atoms with Crippen LogP contribution in [0.4, 0.5) is 0 Å². The first-order valence-electron chi connectivity index (χ1n) is 12.4. The second-order valence-electron chi connectivity index (χ2n) is 9.36.